The highest BCUT2D eigenvalue weighted by molar-refractivity contribution is 7.45. The minimum absolute atomic E-state index is 0.0391. The second-order valence-electron chi connectivity index (χ2n) is 4.77. The summed E-state index contributed by atoms with van der Waals surface area (Å²) in [7, 11) is -0.297. The van der Waals surface area contributed by atoms with Gasteiger partial charge in [-0.25, -0.2) is 0 Å². The van der Waals surface area contributed by atoms with Gasteiger partial charge in [0.2, 0.25) is 0 Å². The van der Waals surface area contributed by atoms with E-state index >= 15 is 0 Å². The fraction of sp³-hybridized carbons (Fsp3) is 0.250. The molecule has 0 aliphatic heterocycles. The van der Waals surface area contributed by atoms with Gasteiger partial charge in [-0.3, -0.25) is 0 Å². The molecule has 0 aromatic heterocycles. The van der Waals surface area contributed by atoms with Gasteiger partial charge in [0.15, 0.2) is 8.38 Å². The monoisotopic (exact) mass is 305 g/mol. The van der Waals surface area contributed by atoms with Crippen LogP contribution in [0.1, 0.15) is 11.5 Å². The van der Waals surface area contributed by atoms with Crippen LogP contribution in [0.4, 0.5) is 5.69 Å². The van der Waals surface area contributed by atoms with E-state index in [1.54, 1.807) is 7.11 Å². The van der Waals surface area contributed by atoms with E-state index in [1.165, 1.54) is 0 Å². The summed E-state index contributed by atoms with van der Waals surface area (Å²) in [5.74, 6) is 0.834. The van der Waals surface area contributed by atoms with Crippen LogP contribution < -0.4 is 10.1 Å². The zero-order chi connectivity index (χ0) is 15.1. The Bertz CT molecular complexity index is 531. The second kappa shape index (κ2) is 7.99. The van der Waals surface area contributed by atoms with Crippen molar-refractivity contribution in [2.24, 2.45) is 0 Å². The number of methoxy groups -OCH3 is 1. The first-order valence-electron chi connectivity index (χ1n) is 6.77. The van der Waals surface area contributed by atoms with Gasteiger partial charge in [-0.1, -0.05) is 30.3 Å². The molecule has 5 heteroatoms. The normalized spacial score (nSPS) is 12.2. The van der Waals surface area contributed by atoms with Crippen molar-refractivity contribution < 1.29 is 14.5 Å². The lowest BCUT2D eigenvalue weighted by Crippen LogP contribution is -2.15. The van der Waals surface area contributed by atoms with Crippen LogP contribution in [0, 0.1) is 0 Å². The number of nitrogens with one attached hydrogen (secondary N) is 1. The maximum absolute atomic E-state index is 9.35. The van der Waals surface area contributed by atoms with E-state index in [-0.39, 0.29) is 5.92 Å². The third-order valence-corrected chi connectivity index (χ3v) is 4.06. The molecule has 0 aliphatic carbocycles. The molecule has 4 nitrogen and oxygen atoms in total. The van der Waals surface area contributed by atoms with Crippen molar-refractivity contribution in [2.75, 3.05) is 25.1 Å². The number of rotatable bonds is 7. The van der Waals surface area contributed by atoms with Crippen LogP contribution in [0.25, 0.3) is 0 Å². The fourth-order valence-corrected chi connectivity index (χ4v) is 2.89. The predicted molar refractivity (Wildman–Crippen MR) is 86.9 cm³/mol. The molecule has 0 saturated carbocycles. The minimum Gasteiger partial charge on any atom is -0.497 e. The van der Waals surface area contributed by atoms with E-state index in [2.05, 4.69) is 5.32 Å². The molecule has 0 saturated heterocycles. The van der Waals surface area contributed by atoms with Crippen LogP contribution in [0.2, 0.25) is 0 Å². The standard InChI is InChI=1S/C16H20NO3P/c1-20-16-9-7-13(8-10-16)14(12-21(18)19)11-17-15-5-3-2-4-6-15/h2-10,14,17-19H,11-12H2,1H3. The van der Waals surface area contributed by atoms with Crippen LogP contribution in [-0.2, 0) is 0 Å². The molecule has 0 fully saturated rings. The van der Waals surface area contributed by atoms with Gasteiger partial charge in [0.05, 0.1) is 7.11 Å². The lowest BCUT2D eigenvalue weighted by atomic mass is 10.0. The molecule has 0 aliphatic rings. The average molecular weight is 305 g/mol. The molecule has 3 N–H and O–H groups in total. The summed E-state index contributed by atoms with van der Waals surface area (Å²) in [6.45, 7) is 0.649. The Morgan fingerprint density at radius 2 is 1.71 bits per heavy atom. The van der Waals surface area contributed by atoms with Gasteiger partial charge in [0.25, 0.3) is 0 Å². The molecule has 2 aromatic carbocycles. The Labute approximate surface area is 126 Å². The molecule has 21 heavy (non-hydrogen) atoms. The van der Waals surface area contributed by atoms with Gasteiger partial charge in [-0.05, 0) is 29.8 Å². The van der Waals surface area contributed by atoms with E-state index in [1.807, 2.05) is 54.6 Å². The number of hydrogen-bond donors (Lipinski definition) is 3. The van der Waals surface area contributed by atoms with Crippen LogP contribution in [0.15, 0.2) is 54.6 Å². The first-order valence-corrected chi connectivity index (χ1v) is 8.20. The minimum atomic E-state index is -1.93. The smallest absolute Gasteiger partial charge is 0.165 e. The van der Waals surface area contributed by atoms with Crippen molar-refractivity contribution in [2.45, 2.75) is 5.92 Å². The lowest BCUT2D eigenvalue weighted by molar-refractivity contribution is 0.414. The summed E-state index contributed by atoms with van der Waals surface area (Å²) in [6.07, 6.45) is 0.349. The van der Waals surface area contributed by atoms with Crippen molar-refractivity contribution in [3.63, 3.8) is 0 Å². The molecule has 2 rings (SSSR count). The van der Waals surface area contributed by atoms with Crippen molar-refractivity contribution in [3.05, 3.63) is 60.2 Å². The summed E-state index contributed by atoms with van der Waals surface area (Å²) < 4.78 is 5.15. The van der Waals surface area contributed by atoms with Gasteiger partial charge in [-0.2, -0.15) is 0 Å². The molecule has 0 radical (unpaired) electrons. The molecular formula is C16H20NO3P. The van der Waals surface area contributed by atoms with Crippen LogP contribution in [0.3, 0.4) is 0 Å². The molecule has 1 atom stereocenters. The van der Waals surface area contributed by atoms with Crippen molar-refractivity contribution in [1.82, 2.24) is 0 Å². The highest BCUT2D eigenvalue weighted by atomic mass is 31.2. The summed E-state index contributed by atoms with van der Waals surface area (Å²) >= 11 is 0. The predicted octanol–water partition coefficient (Wildman–Crippen LogP) is 3.19. The van der Waals surface area contributed by atoms with Gasteiger partial charge in [0, 0.05) is 24.3 Å². The van der Waals surface area contributed by atoms with E-state index in [9.17, 15) is 9.79 Å². The largest absolute Gasteiger partial charge is 0.497 e. The Morgan fingerprint density at radius 1 is 1.05 bits per heavy atom. The topological polar surface area (TPSA) is 61.7 Å². The molecule has 0 amide bonds. The number of anilines is 1. The Kier molecular flexibility index (Phi) is 6.00. The van der Waals surface area contributed by atoms with Crippen molar-refractivity contribution >= 4 is 14.1 Å². The highest BCUT2D eigenvalue weighted by Gasteiger charge is 2.16. The van der Waals surface area contributed by atoms with Gasteiger partial charge < -0.3 is 19.8 Å². The molecule has 2 aromatic rings. The van der Waals surface area contributed by atoms with E-state index in [0.29, 0.717) is 12.7 Å². The summed E-state index contributed by atoms with van der Waals surface area (Å²) in [6, 6.07) is 17.6. The highest BCUT2D eigenvalue weighted by Crippen LogP contribution is 2.32. The van der Waals surface area contributed by atoms with Crippen LogP contribution in [-0.4, -0.2) is 29.6 Å². The zero-order valence-corrected chi connectivity index (χ0v) is 12.8. The Morgan fingerprint density at radius 3 is 2.29 bits per heavy atom. The summed E-state index contributed by atoms with van der Waals surface area (Å²) in [5.41, 5.74) is 2.09. The molecule has 0 bridgehead atoms. The van der Waals surface area contributed by atoms with Gasteiger partial charge >= 0.3 is 0 Å². The fourth-order valence-electron chi connectivity index (χ4n) is 2.16. The van der Waals surface area contributed by atoms with Crippen LogP contribution in [0.5, 0.6) is 5.75 Å². The maximum Gasteiger partial charge on any atom is 0.165 e. The summed E-state index contributed by atoms with van der Waals surface area (Å²) in [4.78, 5) is 18.7. The number of para-hydroxylation sites is 1. The number of benzene rings is 2. The first-order chi connectivity index (χ1) is 10.2. The number of hydrogen-bond acceptors (Lipinski definition) is 4. The Balaban J connectivity index is 2.06. The molecular weight excluding hydrogens is 285 g/mol. The second-order valence-corrected chi connectivity index (χ2v) is 5.88. The lowest BCUT2D eigenvalue weighted by Gasteiger charge is -2.19. The quantitative estimate of drug-likeness (QED) is 0.688. The average Bonchev–Trinajstić information content (AvgIpc) is 2.52. The third-order valence-electron chi connectivity index (χ3n) is 3.30. The molecule has 1 unspecified atom stereocenters. The van der Waals surface area contributed by atoms with Crippen molar-refractivity contribution in [3.8, 4) is 5.75 Å². The zero-order valence-electron chi connectivity index (χ0n) is 11.9. The third kappa shape index (κ3) is 5.01. The molecule has 112 valence electrons. The van der Waals surface area contributed by atoms with Gasteiger partial charge in [0.1, 0.15) is 5.75 Å². The van der Waals surface area contributed by atoms with Gasteiger partial charge in [-0.15, -0.1) is 0 Å². The maximum atomic E-state index is 9.35. The summed E-state index contributed by atoms with van der Waals surface area (Å²) in [5, 5.41) is 3.33. The van der Waals surface area contributed by atoms with E-state index < -0.39 is 8.38 Å². The van der Waals surface area contributed by atoms with E-state index in [4.69, 9.17) is 4.74 Å². The SMILES string of the molecule is COc1ccc(C(CNc2ccccc2)CP(O)O)cc1. The molecule has 0 heterocycles. The molecule has 0 spiro atoms. The number of ether oxygens (including phenoxy) is 1. The van der Waals surface area contributed by atoms with Crippen LogP contribution >= 0.6 is 8.38 Å². The van der Waals surface area contributed by atoms with E-state index in [0.717, 1.165) is 17.0 Å². The first kappa shape index (κ1) is 15.8. The Hall–Kier alpha value is -1.61. The van der Waals surface area contributed by atoms with Crippen molar-refractivity contribution in [1.29, 1.82) is 0 Å².